The molecule has 0 aliphatic carbocycles. The first-order valence-electron chi connectivity index (χ1n) is 8.61. The van der Waals surface area contributed by atoms with Crippen LogP contribution in [0.1, 0.15) is 22.5 Å². The van der Waals surface area contributed by atoms with Crippen LogP contribution in [0.15, 0.2) is 52.9 Å². The Morgan fingerprint density at radius 3 is 2.59 bits per heavy atom. The molecule has 1 aromatic heterocycles. The van der Waals surface area contributed by atoms with Gasteiger partial charge in [-0.15, -0.1) is 0 Å². The molecule has 1 aliphatic heterocycles. The summed E-state index contributed by atoms with van der Waals surface area (Å²) in [5.74, 6) is -1.72. The van der Waals surface area contributed by atoms with Gasteiger partial charge in [-0.3, -0.25) is 24.7 Å². The predicted octanol–water partition coefficient (Wildman–Crippen LogP) is 3.59. The number of halogens is 1. The summed E-state index contributed by atoms with van der Waals surface area (Å²) in [7, 11) is 0. The molecular weight excluding hydrogens is 414 g/mol. The number of carbonyl (C=O) groups is 3. The zero-order valence-electron chi connectivity index (χ0n) is 15.1. The number of furan rings is 1. The smallest absolute Gasteiger partial charge is 0.306 e. The second kappa shape index (κ2) is 7.31. The van der Waals surface area contributed by atoms with Crippen LogP contribution in [-0.2, 0) is 9.59 Å². The third-order valence-electron chi connectivity index (χ3n) is 4.52. The van der Waals surface area contributed by atoms with Crippen molar-refractivity contribution in [2.45, 2.75) is 13.3 Å². The Kier molecular flexibility index (Phi) is 4.81. The second-order valence-corrected chi connectivity index (χ2v) is 7.19. The zero-order valence-corrected chi connectivity index (χ0v) is 16.7. The van der Waals surface area contributed by atoms with Gasteiger partial charge in [-0.2, -0.15) is 5.01 Å². The van der Waals surface area contributed by atoms with Crippen LogP contribution < -0.4 is 10.3 Å². The molecule has 3 aromatic rings. The van der Waals surface area contributed by atoms with Gasteiger partial charge in [0.15, 0.2) is 5.76 Å². The first-order valence-corrected chi connectivity index (χ1v) is 9.40. The van der Waals surface area contributed by atoms with Gasteiger partial charge in [0.2, 0.25) is 11.0 Å². The Balaban J connectivity index is 1.63. The van der Waals surface area contributed by atoms with E-state index in [4.69, 9.17) is 28.2 Å². The molecule has 0 atom stereocenters. The lowest BCUT2D eigenvalue weighted by atomic mass is 10.1. The van der Waals surface area contributed by atoms with Crippen LogP contribution in [0.3, 0.4) is 0 Å². The van der Waals surface area contributed by atoms with Crippen molar-refractivity contribution in [1.82, 2.24) is 10.4 Å². The summed E-state index contributed by atoms with van der Waals surface area (Å²) in [4.78, 5) is 38.8. The zero-order chi connectivity index (χ0) is 20.7. The summed E-state index contributed by atoms with van der Waals surface area (Å²) in [5, 5.41) is 1.96. The van der Waals surface area contributed by atoms with Gasteiger partial charge in [-0.25, -0.2) is 0 Å². The quantitative estimate of drug-likeness (QED) is 0.510. The van der Waals surface area contributed by atoms with Crippen molar-refractivity contribution in [3.05, 3.63) is 64.9 Å². The number of aryl methyl sites for hydroxylation is 1. The molecule has 1 N–H and O–H groups in total. The van der Waals surface area contributed by atoms with E-state index in [1.807, 2.05) is 0 Å². The van der Waals surface area contributed by atoms with E-state index in [1.54, 1.807) is 55.5 Å². The van der Waals surface area contributed by atoms with Crippen LogP contribution in [-0.4, -0.2) is 27.8 Å². The molecule has 2 aromatic carbocycles. The number of anilines is 1. The summed E-state index contributed by atoms with van der Waals surface area (Å²) in [6.07, 6.45) is -0.427. The normalized spacial score (nSPS) is 14.6. The maximum Gasteiger partial charge on any atom is 0.306 e. The van der Waals surface area contributed by atoms with E-state index < -0.39 is 24.1 Å². The third kappa shape index (κ3) is 3.37. The van der Waals surface area contributed by atoms with Gasteiger partial charge in [0.1, 0.15) is 12.0 Å². The molecular formula is C20H14ClN3O4S. The summed E-state index contributed by atoms with van der Waals surface area (Å²) in [6, 6.07) is 13.7. The van der Waals surface area contributed by atoms with E-state index in [2.05, 4.69) is 5.43 Å². The lowest BCUT2D eigenvalue weighted by molar-refractivity contribution is -0.135. The molecule has 0 unspecified atom stereocenters. The monoisotopic (exact) mass is 427 g/mol. The highest BCUT2D eigenvalue weighted by molar-refractivity contribution is 7.80. The minimum absolute atomic E-state index is 0.0287. The molecule has 1 aliphatic rings. The first-order chi connectivity index (χ1) is 13.9. The summed E-state index contributed by atoms with van der Waals surface area (Å²) in [5.41, 5.74) is 4.02. The van der Waals surface area contributed by atoms with Crippen molar-refractivity contribution in [2.24, 2.45) is 0 Å². The fraction of sp³-hybridized carbons (Fsp3) is 0.100. The highest BCUT2D eigenvalue weighted by Gasteiger charge is 2.37. The Bertz CT molecular complexity index is 1180. The number of hydrogen-bond donors (Lipinski definition) is 1. The standard InChI is InChI=1S/C20H14ClN3O4S/c1-11-14-9-12(21)7-8-15(14)28-18(11)19(27)22-24-17(26)10-16(25)23(20(24)29)13-5-3-2-4-6-13/h2-9H,10H2,1H3,(H,22,27). The number of carbonyl (C=O) groups excluding carboxylic acids is 3. The van der Waals surface area contributed by atoms with Crippen molar-refractivity contribution in [1.29, 1.82) is 0 Å². The van der Waals surface area contributed by atoms with Crippen LogP contribution in [0.4, 0.5) is 5.69 Å². The van der Waals surface area contributed by atoms with E-state index in [9.17, 15) is 14.4 Å². The van der Waals surface area contributed by atoms with Crippen LogP contribution in [0, 0.1) is 6.92 Å². The van der Waals surface area contributed by atoms with Gasteiger partial charge in [0.05, 0.1) is 5.69 Å². The lowest BCUT2D eigenvalue weighted by Crippen LogP contribution is -2.61. The number of fused-ring (bicyclic) bond motifs is 1. The topological polar surface area (TPSA) is 82.9 Å². The molecule has 146 valence electrons. The average Bonchev–Trinajstić information content (AvgIpc) is 3.02. The number of thiocarbonyl (C=S) groups is 1. The Labute approximate surface area is 175 Å². The molecule has 0 saturated carbocycles. The van der Waals surface area contributed by atoms with Gasteiger partial charge >= 0.3 is 5.91 Å². The van der Waals surface area contributed by atoms with Crippen molar-refractivity contribution in [2.75, 3.05) is 4.90 Å². The number of benzene rings is 2. The maximum absolute atomic E-state index is 12.8. The Hall–Kier alpha value is -3.23. The van der Waals surface area contributed by atoms with E-state index in [-0.39, 0.29) is 10.9 Å². The van der Waals surface area contributed by atoms with Crippen LogP contribution in [0.2, 0.25) is 5.02 Å². The van der Waals surface area contributed by atoms with E-state index in [0.29, 0.717) is 27.2 Å². The molecule has 1 fully saturated rings. The summed E-state index contributed by atoms with van der Waals surface area (Å²) >= 11 is 11.3. The fourth-order valence-corrected chi connectivity index (χ4v) is 3.63. The van der Waals surface area contributed by atoms with Crippen molar-refractivity contribution < 1.29 is 18.8 Å². The second-order valence-electron chi connectivity index (χ2n) is 6.39. The highest BCUT2D eigenvalue weighted by Crippen LogP contribution is 2.28. The molecule has 1 saturated heterocycles. The third-order valence-corrected chi connectivity index (χ3v) is 5.12. The molecule has 9 heteroatoms. The number of hydrogen-bond acceptors (Lipinski definition) is 5. The summed E-state index contributed by atoms with van der Waals surface area (Å²) < 4.78 is 5.63. The van der Waals surface area contributed by atoms with Crippen LogP contribution in [0.5, 0.6) is 0 Å². The molecule has 3 amide bonds. The number of nitrogens with one attached hydrogen (secondary N) is 1. The molecule has 4 rings (SSSR count). The van der Waals surface area contributed by atoms with Crippen molar-refractivity contribution in [3.8, 4) is 0 Å². The van der Waals surface area contributed by atoms with Gasteiger partial charge in [0.25, 0.3) is 5.91 Å². The fourth-order valence-electron chi connectivity index (χ4n) is 3.10. The number of para-hydroxylation sites is 1. The van der Waals surface area contributed by atoms with Crippen molar-refractivity contribution in [3.63, 3.8) is 0 Å². The van der Waals surface area contributed by atoms with Crippen LogP contribution in [0.25, 0.3) is 11.0 Å². The molecule has 0 bridgehead atoms. The number of amides is 3. The van der Waals surface area contributed by atoms with E-state index >= 15 is 0 Å². The largest absolute Gasteiger partial charge is 0.451 e. The van der Waals surface area contributed by atoms with Gasteiger partial charge in [-0.1, -0.05) is 29.8 Å². The SMILES string of the molecule is Cc1c(C(=O)NN2C(=O)CC(=O)N(c3ccccc3)C2=S)oc2ccc(Cl)cc12. The van der Waals surface area contributed by atoms with E-state index in [1.165, 1.54) is 4.90 Å². The Morgan fingerprint density at radius 2 is 1.86 bits per heavy atom. The number of nitrogens with zero attached hydrogens (tertiary/aromatic N) is 2. The maximum atomic E-state index is 12.8. The molecule has 7 nitrogen and oxygen atoms in total. The molecule has 0 radical (unpaired) electrons. The highest BCUT2D eigenvalue weighted by atomic mass is 35.5. The van der Waals surface area contributed by atoms with E-state index in [0.717, 1.165) is 5.01 Å². The predicted molar refractivity (Wildman–Crippen MR) is 111 cm³/mol. The molecule has 29 heavy (non-hydrogen) atoms. The molecule has 2 heterocycles. The summed E-state index contributed by atoms with van der Waals surface area (Å²) in [6.45, 7) is 1.72. The minimum Gasteiger partial charge on any atom is -0.451 e. The van der Waals surface area contributed by atoms with Gasteiger partial charge < -0.3 is 4.42 Å². The Morgan fingerprint density at radius 1 is 1.14 bits per heavy atom. The first kappa shape index (κ1) is 19.1. The van der Waals surface area contributed by atoms with Crippen LogP contribution >= 0.6 is 23.8 Å². The minimum atomic E-state index is -0.659. The lowest BCUT2D eigenvalue weighted by Gasteiger charge is -2.34. The van der Waals surface area contributed by atoms with Gasteiger partial charge in [0, 0.05) is 16.0 Å². The molecule has 0 spiro atoms. The van der Waals surface area contributed by atoms with Crippen molar-refractivity contribution >= 4 is 63.3 Å². The van der Waals surface area contributed by atoms with Gasteiger partial charge in [-0.05, 0) is 49.5 Å². The number of hydrazine groups is 1. The average molecular weight is 428 g/mol. The number of rotatable bonds is 3.